The molecule has 0 aliphatic rings. The minimum atomic E-state index is -0.492. The van der Waals surface area contributed by atoms with E-state index in [1.165, 1.54) is 18.2 Å². The molecule has 1 N–H and O–H groups in total. The predicted octanol–water partition coefficient (Wildman–Crippen LogP) is 6.75. The van der Waals surface area contributed by atoms with Gasteiger partial charge in [-0.1, -0.05) is 35.9 Å². The molecular weight excluding hydrogens is 483 g/mol. The maximum atomic E-state index is 13.5. The van der Waals surface area contributed by atoms with Gasteiger partial charge in [0.1, 0.15) is 29.8 Å². The summed E-state index contributed by atoms with van der Waals surface area (Å²) in [6.07, 6.45) is 3.77. The maximum absolute atomic E-state index is 13.5. The Morgan fingerprint density at radius 1 is 1.21 bits per heavy atom. The molecular formula is C27H22BrFN2O2. The lowest BCUT2D eigenvalue weighted by Crippen LogP contribution is -2.13. The van der Waals surface area contributed by atoms with Crippen LogP contribution in [0.4, 0.5) is 10.1 Å². The van der Waals surface area contributed by atoms with Gasteiger partial charge in [-0.05, 0) is 88.4 Å². The van der Waals surface area contributed by atoms with E-state index in [1.54, 1.807) is 36.4 Å². The smallest absolute Gasteiger partial charge is 0.266 e. The molecule has 0 heterocycles. The highest BCUT2D eigenvalue weighted by atomic mass is 79.9. The van der Waals surface area contributed by atoms with Crippen molar-refractivity contribution in [2.24, 2.45) is 0 Å². The summed E-state index contributed by atoms with van der Waals surface area (Å²) in [4.78, 5) is 12.6. The summed E-state index contributed by atoms with van der Waals surface area (Å²) in [5, 5.41) is 12.3. The van der Waals surface area contributed by atoms with Crippen molar-refractivity contribution in [3.63, 3.8) is 0 Å². The van der Waals surface area contributed by atoms with Crippen LogP contribution in [-0.4, -0.2) is 5.91 Å². The van der Waals surface area contributed by atoms with Crippen molar-refractivity contribution in [3.05, 3.63) is 111 Å². The Labute approximate surface area is 201 Å². The van der Waals surface area contributed by atoms with E-state index in [-0.39, 0.29) is 18.0 Å². The van der Waals surface area contributed by atoms with Gasteiger partial charge in [-0.25, -0.2) is 4.39 Å². The first-order chi connectivity index (χ1) is 15.9. The van der Waals surface area contributed by atoms with Crippen LogP contribution in [0.25, 0.3) is 6.08 Å². The minimum absolute atomic E-state index is 0.0274. The van der Waals surface area contributed by atoms with E-state index in [0.717, 1.165) is 11.1 Å². The van der Waals surface area contributed by atoms with Gasteiger partial charge in [0, 0.05) is 5.69 Å². The van der Waals surface area contributed by atoms with Crippen LogP contribution in [0, 0.1) is 24.1 Å². The first kappa shape index (κ1) is 24.0. The van der Waals surface area contributed by atoms with Crippen molar-refractivity contribution in [2.75, 3.05) is 5.32 Å². The number of allylic oxidation sites excluding steroid dienone is 1. The lowest BCUT2D eigenvalue weighted by molar-refractivity contribution is -0.112. The molecule has 4 nitrogen and oxygen atoms in total. The number of hydrogen-bond acceptors (Lipinski definition) is 3. The summed E-state index contributed by atoms with van der Waals surface area (Å²) in [5.74, 6) is -0.219. The highest BCUT2D eigenvalue weighted by Crippen LogP contribution is 2.33. The second kappa shape index (κ2) is 11.3. The number of amides is 1. The van der Waals surface area contributed by atoms with Gasteiger partial charge in [-0.2, -0.15) is 5.26 Å². The molecule has 1 amide bonds. The van der Waals surface area contributed by atoms with Crippen molar-refractivity contribution in [1.29, 1.82) is 5.26 Å². The zero-order valence-corrected chi connectivity index (χ0v) is 19.7. The molecule has 166 valence electrons. The highest BCUT2D eigenvalue weighted by molar-refractivity contribution is 9.10. The van der Waals surface area contributed by atoms with Crippen LogP contribution in [0.15, 0.2) is 83.4 Å². The molecule has 0 radical (unpaired) electrons. The highest BCUT2D eigenvalue weighted by Gasteiger charge is 2.13. The number of ether oxygens (including phenoxy) is 1. The number of aryl methyl sites for hydroxylation is 1. The SMILES string of the molecule is C=CCc1cc(/C=C(/C#N)C(=O)Nc2ccc(C)cc2)cc(Br)c1OCc1cccc(F)c1. The third-order valence-electron chi connectivity index (χ3n) is 4.76. The topological polar surface area (TPSA) is 62.1 Å². The van der Waals surface area contributed by atoms with Crippen molar-refractivity contribution in [2.45, 2.75) is 20.0 Å². The molecule has 0 aliphatic carbocycles. The first-order valence-corrected chi connectivity index (χ1v) is 11.0. The van der Waals surface area contributed by atoms with Crippen LogP contribution < -0.4 is 10.1 Å². The third-order valence-corrected chi connectivity index (χ3v) is 5.35. The quantitative estimate of drug-likeness (QED) is 0.209. The Morgan fingerprint density at radius 2 is 1.97 bits per heavy atom. The predicted molar refractivity (Wildman–Crippen MR) is 132 cm³/mol. The van der Waals surface area contributed by atoms with Crippen molar-refractivity contribution in [1.82, 2.24) is 0 Å². The minimum Gasteiger partial charge on any atom is -0.487 e. The van der Waals surface area contributed by atoms with Crippen LogP contribution in [0.3, 0.4) is 0 Å². The second-order valence-corrected chi connectivity index (χ2v) is 8.25. The number of rotatable bonds is 8. The number of anilines is 1. The van der Waals surface area contributed by atoms with Gasteiger partial charge in [-0.15, -0.1) is 6.58 Å². The Morgan fingerprint density at radius 3 is 2.64 bits per heavy atom. The van der Waals surface area contributed by atoms with Gasteiger partial charge in [0.2, 0.25) is 0 Å². The molecule has 3 rings (SSSR count). The number of benzene rings is 3. The number of carbonyl (C=O) groups excluding carboxylic acids is 1. The zero-order valence-electron chi connectivity index (χ0n) is 18.1. The molecule has 0 bridgehead atoms. The molecule has 0 saturated heterocycles. The molecule has 3 aromatic carbocycles. The molecule has 0 aromatic heterocycles. The summed E-state index contributed by atoms with van der Waals surface area (Å²) in [5.41, 5.74) is 3.84. The standard InChI is InChI=1S/C27H22BrFN2O2/c1-3-5-21-12-20(13-22(16-30)27(32)31-24-10-8-18(2)9-11-24)15-25(28)26(21)33-17-19-6-4-7-23(29)14-19/h3-4,6-15H,1,5,17H2,2H3,(H,31,32)/b22-13-. The van der Waals surface area contributed by atoms with E-state index < -0.39 is 5.91 Å². The number of halogens is 2. The summed E-state index contributed by atoms with van der Waals surface area (Å²) >= 11 is 3.52. The fraction of sp³-hybridized carbons (Fsp3) is 0.111. The Bertz CT molecular complexity index is 1240. The van der Waals surface area contributed by atoms with Crippen molar-refractivity contribution < 1.29 is 13.9 Å². The van der Waals surface area contributed by atoms with E-state index in [4.69, 9.17) is 4.74 Å². The Hall–Kier alpha value is -3.69. The fourth-order valence-corrected chi connectivity index (χ4v) is 3.79. The van der Waals surface area contributed by atoms with Crippen molar-refractivity contribution >= 4 is 33.6 Å². The molecule has 6 heteroatoms. The molecule has 0 fully saturated rings. The molecule has 0 spiro atoms. The second-order valence-electron chi connectivity index (χ2n) is 7.39. The van der Waals surface area contributed by atoms with E-state index in [2.05, 4.69) is 27.8 Å². The van der Waals surface area contributed by atoms with Crippen LogP contribution in [0.1, 0.15) is 22.3 Å². The molecule has 0 unspecified atom stereocenters. The Kier molecular flexibility index (Phi) is 8.17. The Balaban J connectivity index is 1.85. The van der Waals surface area contributed by atoms with Crippen LogP contribution in [-0.2, 0) is 17.8 Å². The first-order valence-electron chi connectivity index (χ1n) is 10.2. The lowest BCUT2D eigenvalue weighted by Gasteiger charge is -2.14. The van der Waals surface area contributed by atoms with E-state index in [0.29, 0.717) is 33.5 Å². The van der Waals surface area contributed by atoms with Crippen LogP contribution >= 0.6 is 15.9 Å². The van der Waals surface area contributed by atoms with Gasteiger partial charge in [0.15, 0.2) is 0 Å². The maximum Gasteiger partial charge on any atom is 0.266 e. The summed E-state index contributed by atoms with van der Waals surface area (Å²) in [7, 11) is 0. The number of carbonyl (C=O) groups is 1. The lowest BCUT2D eigenvalue weighted by atomic mass is 10.0. The average Bonchev–Trinajstić information content (AvgIpc) is 2.78. The van der Waals surface area contributed by atoms with Gasteiger partial charge in [0.25, 0.3) is 5.91 Å². The number of hydrogen-bond donors (Lipinski definition) is 1. The molecule has 33 heavy (non-hydrogen) atoms. The zero-order chi connectivity index (χ0) is 23.8. The van der Waals surface area contributed by atoms with Gasteiger partial charge in [0.05, 0.1) is 4.47 Å². The number of nitrogens with zero attached hydrogens (tertiary/aromatic N) is 1. The normalized spacial score (nSPS) is 10.9. The van der Waals surface area contributed by atoms with E-state index >= 15 is 0 Å². The van der Waals surface area contributed by atoms with Gasteiger partial charge in [-0.3, -0.25) is 4.79 Å². The van der Waals surface area contributed by atoms with E-state index in [9.17, 15) is 14.4 Å². The molecule has 0 aliphatic heterocycles. The molecule has 0 atom stereocenters. The van der Waals surface area contributed by atoms with Crippen LogP contribution in [0.2, 0.25) is 0 Å². The molecule has 3 aromatic rings. The monoisotopic (exact) mass is 504 g/mol. The summed E-state index contributed by atoms with van der Waals surface area (Å²) in [6.45, 7) is 5.94. The van der Waals surface area contributed by atoms with E-state index in [1.807, 2.05) is 31.2 Å². The molecule has 0 saturated carbocycles. The fourth-order valence-electron chi connectivity index (χ4n) is 3.16. The van der Waals surface area contributed by atoms with Crippen LogP contribution in [0.5, 0.6) is 5.75 Å². The summed E-state index contributed by atoms with van der Waals surface area (Å²) < 4.78 is 20.1. The third kappa shape index (κ3) is 6.64. The summed E-state index contributed by atoms with van der Waals surface area (Å²) in [6, 6.07) is 19.1. The van der Waals surface area contributed by atoms with Crippen molar-refractivity contribution in [3.8, 4) is 11.8 Å². The number of nitriles is 1. The largest absolute Gasteiger partial charge is 0.487 e. The average molecular weight is 505 g/mol. The van der Waals surface area contributed by atoms with Gasteiger partial charge >= 0.3 is 0 Å². The number of nitrogens with one attached hydrogen (secondary N) is 1. The van der Waals surface area contributed by atoms with Gasteiger partial charge < -0.3 is 10.1 Å².